The summed E-state index contributed by atoms with van der Waals surface area (Å²) in [6.45, 7) is 0. The van der Waals surface area contributed by atoms with Crippen molar-refractivity contribution in [3.05, 3.63) is 76.8 Å². The predicted molar refractivity (Wildman–Crippen MR) is 115 cm³/mol. The molecule has 1 aliphatic carbocycles. The van der Waals surface area contributed by atoms with Crippen LogP contribution in [-0.4, -0.2) is 25.3 Å². The Bertz CT molecular complexity index is 1440. The molecule has 2 aromatic heterocycles. The molecular weight excluding hydrogens is 418 g/mol. The van der Waals surface area contributed by atoms with Gasteiger partial charge >= 0.3 is 0 Å². The summed E-state index contributed by atoms with van der Waals surface area (Å²) in [6.07, 6.45) is 3.60. The minimum absolute atomic E-state index is 0.0456. The van der Waals surface area contributed by atoms with Gasteiger partial charge in [0.25, 0.3) is 15.6 Å². The number of rotatable bonds is 6. The van der Waals surface area contributed by atoms with Gasteiger partial charge in [-0.25, -0.2) is 8.42 Å². The van der Waals surface area contributed by atoms with Crippen LogP contribution in [0.5, 0.6) is 5.75 Å². The maximum absolute atomic E-state index is 12.8. The van der Waals surface area contributed by atoms with Gasteiger partial charge in [0.15, 0.2) is 5.82 Å². The third-order valence-electron chi connectivity index (χ3n) is 5.35. The first-order chi connectivity index (χ1) is 15.0. The lowest BCUT2D eigenvalue weighted by atomic mass is 10.1. The lowest BCUT2D eigenvalue weighted by molar-refractivity contribution is 0.412. The Morgan fingerprint density at radius 3 is 2.65 bits per heavy atom. The maximum Gasteiger partial charge on any atom is 0.263 e. The molecule has 0 radical (unpaired) electrons. The number of benzene rings is 2. The summed E-state index contributed by atoms with van der Waals surface area (Å²) >= 11 is 0. The van der Waals surface area contributed by atoms with Gasteiger partial charge in [0.05, 0.1) is 23.2 Å². The molecule has 0 saturated heterocycles. The second-order valence-electron chi connectivity index (χ2n) is 7.42. The zero-order chi connectivity index (χ0) is 21.6. The van der Waals surface area contributed by atoms with Crippen molar-refractivity contribution < 1.29 is 17.7 Å². The number of fused-ring (bicyclic) bond motifs is 1. The predicted octanol–water partition coefficient (Wildman–Crippen LogP) is 3.67. The molecule has 0 aliphatic heterocycles. The van der Waals surface area contributed by atoms with Gasteiger partial charge in [-0.1, -0.05) is 11.2 Å². The number of hydrogen-bond donors (Lipinski definition) is 1. The van der Waals surface area contributed by atoms with E-state index in [1.807, 2.05) is 18.2 Å². The largest absolute Gasteiger partial charge is 0.495 e. The van der Waals surface area contributed by atoms with Crippen molar-refractivity contribution in [2.45, 2.75) is 23.7 Å². The van der Waals surface area contributed by atoms with Gasteiger partial charge in [0, 0.05) is 17.5 Å². The van der Waals surface area contributed by atoms with Crippen molar-refractivity contribution in [2.24, 2.45) is 0 Å². The smallest absolute Gasteiger partial charge is 0.263 e. The molecule has 31 heavy (non-hydrogen) atoms. The second-order valence-corrected chi connectivity index (χ2v) is 9.11. The molecule has 1 N–H and O–H groups in total. The first-order valence-corrected chi connectivity index (χ1v) is 11.2. The van der Waals surface area contributed by atoms with E-state index in [1.54, 1.807) is 19.2 Å². The number of pyridine rings is 1. The summed E-state index contributed by atoms with van der Waals surface area (Å²) in [5.41, 5.74) is 2.15. The molecule has 1 fully saturated rings. The normalized spacial score (nSPS) is 14.0. The molecule has 0 unspecified atom stereocenters. The van der Waals surface area contributed by atoms with Crippen LogP contribution in [0.2, 0.25) is 0 Å². The van der Waals surface area contributed by atoms with E-state index >= 15 is 0 Å². The number of methoxy groups -OCH3 is 1. The molecule has 0 bridgehead atoms. The van der Waals surface area contributed by atoms with Crippen LogP contribution in [0.1, 0.15) is 24.3 Å². The van der Waals surface area contributed by atoms with E-state index in [1.165, 1.54) is 40.7 Å². The second kappa shape index (κ2) is 7.28. The van der Waals surface area contributed by atoms with Gasteiger partial charge in [-0.3, -0.25) is 14.1 Å². The van der Waals surface area contributed by atoms with Crippen LogP contribution in [0.4, 0.5) is 5.82 Å². The molecule has 9 heteroatoms. The molecule has 2 aromatic carbocycles. The third-order valence-corrected chi connectivity index (χ3v) is 6.70. The van der Waals surface area contributed by atoms with E-state index in [4.69, 9.17) is 4.74 Å². The first-order valence-electron chi connectivity index (χ1n) is 9.73. The van der Waals surface area contributed by atoms with Crippen LogP contribution in [0.25, 0.3) is 16.6 Å². The van der Waals surface area contributed by atoms with Crippen molar-refractivity contribution in [1.82, 2.24) is 9.72 Å². The molecular formula is C22H19N3O5S. The molecule has 0 amide bonds. The molecule has 4 aromatic rings. The van der Waals surface area contributed by atoms with E-state index in [0.29, 0.717) is 28.3 Å². The van der Waals surface area contributed by atoms with E-state index in [-0.39, 0.29) is 16.3 Å². The van der Waals surface area contributed by atoms with E-state index < -0.39 is 10.0 Å². The molecule has 1 aliphatic rings. The van der Waals surface area contributed by atoms with Crippen molar-refractivity contribution in [2.75, 3.05) is 11.8 Å². The topological polar surface area (TPSA) is 103 Å². The summed E-state index contributed by atoms with van der Waals surface area (Å²) < 4.78 is 39.5. The fraction of sp³-hybridized carbons (Fsp3) is 0.182. The minimum Gasteiger partial charge on any atom is -0.495 e. The Labute approximate surface area is 178 Å². The molecule has 5 rings (SSSR count). The highest BCUT2D eigenvalue weighted by atomic mass is 32.2. The number of ether oxygens (including phenoxy) is 1. The summed E-state index contributed by atoms with van der Waals surface area (Å²) in [5.74, 6) is 1.24. The first kappa shape index (κ1) is 19.4. The number of aromatic nitrogens is 2. The molecule has 0 spiro atoms. The fourth-order valence-electron chi connectivity index (χ4n) is 3.65. The highest BCUT2D eigenvalue weighted by Gasteiger charge is 2.25. The Morgan fingerprint density at radius 1 is 1.10 bits per heavy atom. The standard InChI is InChI=1S/C22H19N3O5S/c1-29-20-13-15(14-2-3-14)4-7-19(20)25-18-8-6-17(12-16(18)5-9-22(25)26)31(27,28)24-21-10-11-30-23-21/h4-14H,2-3H2,1H3,(H,23,24). The quantitative estimate of drug-likeness (QED) is 0.494. The number of hydrogen-bond acceptors (Lipinski definition) is 6. The van der Waals surface area contributed by atoms with Crippen LogP contribution >= 0.6 is 0 Å². The van der Waals surface area contributed by atoms with Crippen molar-refractivity contribution >= 4 is 26.7 Å². The number of nitrogens with zero attached hydrogens (tertiary/aromatic N) is 2. The number of anilines is 1. The Morgan fingerprint density at radius 2 is 1.94 bits per heavy atom. The van der Waals surface area contributed by atoms with Crippen LogP contribution < -0.4 is 15.0 Å². The third kappa shape index (κ3) is 3.57. The average Bonchev–Trinajstić information content (AvgIpc) is 3.50. The van der Waals surface area contributed by atoms with E-state index in [2.05, 4.69) is 14.4 Å². The van der Waals surface area contributed by atoms with Crippen LogP contribution in [0.3, 0.4) is 0 Å². The van der Waals surface area contributed by atoms with Gasteiger partial charge in [-0.15, -0.1) is 0 Å². The molecule has 158 valence electrons. The van der Waals surface area contributed by atoms with Crippen LogP contribution in [0, 0.1) is 0 Å². The molecule has 0 atom stereocenters. The average molecular weight is 437 g/mol. The van der Waals surface area contributed by atoms with Gasteiger partial charge in [-0.05, 0) is 60.7 Å². The van der Waals surface area contributed by atoms with E-state index in [9.17, 15) is 13.2 Å². The van der Waals surface area contributed by atoms with Crippen LogP contribution in [0.15, 0.2) is 75.1 Å². The maximum atomic E-state index is 12.8. The zero-order valence-corrected chi connectivity index (χ0v) is 17.4. The Balaban J connectivity index is 1.62. The molecule has 8 nitrogen and oxygen atoms in total. The lowest BCUT2D eigenvalue weighted by Gasteiger charge is -2.15. The Kier molecular flexibility index (Phi) is 4.55. The SMILES string of the molecule is COc1cc(C2CC2)ccc1-n1c(=O)ccc2cc(S(=O)(=O)Nc3ccon3)ccc21. The van der Waals surface area contributed by atoms with Gasteiger partial charge in [-0.2, -0.15) is 0 Å². The highest BCUT2D eigenvalue weighted by Crippen LogP contribution is 2.42. The van der Waals surface area contributed by atoms with E-state index in [0.717, 1.165) is 12.8 Å². The zero-order valence-electron chi connectivity index (χ0n) is 16.6. The monoisotopic (exact) mass is 437 g/mol. The summed E-state index contributed by atoms with van der Waals surface area (Å²) in [5, 5.41) is 4.17. The minimum atomic E-state index is -3.87. The molecule has 2 heterocycles. The summed E-state index contributed by atoms with van der Waals surface area (Å²) in [4.78, 5) is 12.8. The number of nitrogens with one attached hydrogen (secondary N) is 1. The van der Waals surface area contributed by atoms with Crippen molar-refractivity contribution in [1.29, 1.82) is 0 Å². The van der Waals surface area contributed by atoms with Crippen LogP contribution in [-0.2, 0) is 10.0 Å². The lowest BCUT2D eigenvalue weighted by Crippen LogP contribution is -2.19. The highest BCUT2D eigenvalue weighted by molar-refractivity contribution is 7.92. The fourth-order valence-corrected chi connectivity index (χ4v) is 4.68. The molecule has 1 saturated carbocycles. The van der Waals surface area contributed by atoms with Gasteiger partial charge in [0.1, 0.15) is 12.0 Å². The van der Waals surface area contributed by atoms with Crippen molar-refractivity contribution in [3.8, 4) is 11.4 Å². The summed E-state index contributed by atoms with van der Waals surface area (Å²) in [6, 6.07) is 14.9. The number of sulfonamides is 1. The summed E-state index contributed by atoms with van der Waals surface area (Å²) in [7, 11) is -2.29. The van der Waals surface area contributed by atoms with Gasteiger partial charge < -0.3 is 9.26 Å². The van der Waals surface area contributed by atoms with Gasteiger partial charge in [0.2, 0.25) is 0 Å². The Hall–Kier alpha value is -3.59. The van der Waals surface area contributed by atoms with Crippen molar-refractivity contribution in [3.63, 3.8) is 0 Å².